The Morgan fingerprint density at radius 1 is 1.50 bits per heavy atom. The summed E-state index contributed by atoms with van der Waals surface area (Å²) in [6.07, 6.45) is 0.917. The van der Waals surface area contributed by atoms with Crippen LogP contribution in [0.1, 0.15) is 18.7 Å². The number of hydrogen-bond donors (Lipinski definition) is 1. The maximum atomic E-state index is 11.2. The van der Waals surface area contributed by atoms with Crippen LogP contribution in [-0.2, 0) is 14.8 Å². The summed E-state index contributed by atoms with van der Waals surface area (Å²) in [7, 11) is -2.22. The fourth-order valence-corrected chi connectivity index (χ4v) is 2.11. The van der Waals surface area contributed by atoms with Gasteiger partial charge in [-0.15, -0.1) is 0 Å². The predicted octanol–water partition coefficient (Wildman–Crippen LogP) is 1.21. The maximum absolute atomic E-state index is 11.2. The van der Waals surface area contributed by atoms with E-state index in [2.05, 4.69) is 20.9 Å². The van der Waals surface area contributed by atoms with Crippen molar-refractivity contribution < 1.29 is 13.2 Å². The van der Waals surface area contributed by atoms with Crippen LogP contribution >= 0.6 is 15.9 Å². The summed E-state index contributed by atoms with van der Waals surface area (Å²) in [6, 6.07) is 3.46. The monoisotopic (exact) mass is 308 g/mol. The lowest BCUT2D eigenvalue weighted by Gasteiger charge is -2.20. The molecule has 2 atom stereocenters. The second-order valence-electron chi connectivity index (χ2n) is 3.35. The quantitative estimate of drug-likeness (QED) is 0.906. The number of hydrogen-bond acceptors (Lipinski definition) is 4. The van der Waals surface area contributed by atoms with Crippen molar-refractivity contribution in [2.24, 2.45) is 5.14 Å². The third-order valence-corrected chi connectivity index (χ3v) is 3.99. The third kappa shape index (κ3) is 3.24. The molecule has 1 heterocycles. The molecule has 5 nitrogen and oxygen atoms in total. The first-order valence-electron chi connectivity index (χ1n) is 4.52. The standard InChI is InChI=1S/C9H13BrN2O3S/c1-6(16(11,13)14)9(15-2)8-4-3-7(10)5-12-8/h3-6,9H,1-2H3,(H2,11,13,14)/t6-,9-/m1/s1. The average molecular weight is 309 g/mol. The zero-order valence-electron chi connectivity index (χ0n) is 8.92. The summed E-state index contributed by atoms with van der Waals surface area (Å²) in [5, 5.41) is 4.24. The van der Waals surface area contributed by atoms with Crippen LogP contribution in [-0.4, -0.2) is 25.8 Å². The Balaban J connectivity index is 3.03. The molecule has 0 fully saturated rings. The number of nitrogens with two attached hydrogens (primary N) is 1. The van der Waals surface area contributed by atoms with Gasteiger partial charge in [0.1, 0.15) is 11.4 Å². The van der Waals surface area contributed by atoms with Gasteiger partial charge in [0.25, 0.3) is 0 Å². The van der Waals surface area contributed by atoms with Crippen LogP contribution in [0, 0.1) is 0 Å². The molecule has 0 saturated carbocycles. The van der Waals surface area contributed by atoms with Crippen LogP contribution in [0.2, 0.25) is 0 Å². The number of primary sulfonamides is 1. The highest BCUT2D eigenvalue weighted by atomic mass is 79.9. The molecule has 0 bridgehead atoms. The number of methoxy groups -OCH3 is 1. The van der Waals surface area contributed by atoms with Gasteiger partial charge < -0.3 is 4.74 Å². The highest BCUT2D eigenvalue weighted by Gasteiger charge is 2.28. The molecule has 0 saturated heterocycles. The molecule has 0 aromatic carbocycles. The van der Waals surface area contributed by atoms with Crippen molar-refractivity contribution in [3.05, 3.63) is 28.5 Å². The number of rotatable bonds is 4. The highest BCUT2D eigenvalue weighted by Crippen LogP contribution is 2.23. The molecule has 0 unspecified atom stereocenters. The summed E-state index contributed by atoms with van der Waals surface area (Å²) in [5.74, 6) is 0. The summed E-state index contributed by atoms with van der Waals surface area (Å²) < 4.78 is 28.4. The van der Waals surface area contributed by atoms with E-state index in [0.29, 0.717) is 5.69 Å². The molecule has 0 aliphatic carbocycles. The van der Waals surface area contributed by atoms with Crippen molar-refractivity contribution in [2.45, 2.75) is 18.3 Å². The average Bonchev–Trinajstić information content (AvgIpc) is 2.20. The molecule has 1 rings (SSSR count). The molecule has 7 heteroatoms. The van der Waals surface area contributed by atoms with Gasteiger partial charge in [-0.25, -0.2) is 13.6 Å². The number of aromatic nitrogens is 1. The molecule has 90 valence electrons. The lowest BCUT2D eigenvalue weighted by Crippen LogP contribution is -2.32. The van der Waals surface area contributed by atoms with Crippen molar-refractivity contribution >= 4 is 26.0 Å². The summed E-state index contributed by atoms with van der Waals surface area (Å²) in [5.41, 5.74) is 0.534. The normalized spacial score (nSPS) is 15.8. The maximum Gasteiger partial charge on any atom is 0.214 e. The Hall–Kier alpha value is -0.500. The van der Waals surface area contributed by atoms with E-state index in [0.717, 1.165) is 4.47 Å². The second-order valence-corrected chi connectivity index (χ2v) is 6.19. The van der Waals surface area contributed by atoms with Crippen molar-refractivity contribution in [3.63, 3.8) is 0 Å². The largest absolute Gasteiger partial charge is 0.374 e. The van der Waals surface area contributed by atoms with Crippen LogP contribution in [0.5, 0.6) is 0 Å². The van der Waals surface area contributed by atoms with Crippen LogP contribution in [0.25, 0.3) is 0 Å². The van der Waals surface area contributed by atoms with Crippen LogP contribution < -0.4 is 5.14 Å². The molecule has 0 amide bonds. The van der Waals surface area contributed by atoms with E-state index in [1.807, 2.05) is 0 Å². The first-order chi connectivity index (χ1) is 7.36. The SMILES string of the molecule is CO[C@@H](c1ccc(Br)cn1)[C@@H](C)S(N)(=O)=O. The van der Waals surface area contributed by atoms with E-state index >= 15 is 0 Å². The van der Waals surface area contributed by atoms with E-state index in [1.165, 1.54) is 14.0 Å². The first-order valence-corrected chi connectivity index (χ1v) is 6.92. The molecule has 1 aromatic heterocycles. The molecule has 0 aliphatic heterocycles. The number of halogens is 1. The third-order valence-electron chi connectivity index (χ3n) is 2.24. The smallest absolute Gasteiger partial charge is 0.214 e. The van der Waals surface area contributed by atoms with Gasteiger partial charge in [-0.05, 0) is 35.0 Å². The van der Waals surface area contributed by atoms with E-state index in [1.54, 1.807) is 18.3 Å². The lowest BCUT2D eigenvalue weighted by atomic mass is 10.2. The van der Waals surface area contributed by atoms with Crippen LogP contribution in [0.15, 0.2) is 22.8 Å². The van der Waals surface area contributed by atoms with Gasteiger partial charge >= 0.3 is 0 Å². The number of sulfonamides is 1. The summed E-state index contributed by atoms with van der Waals surface area (Å²) >= 11 is 3.25. The molecule has 2 N–H and O–H groups in total. The molecule has 16 heavy (non-hydrogen) atoms. The summed E-state index contributed by atoms with van der Waals surface area (Å²) in [6.45, 7) is 1.49. The van der Waals surface area contributed by atoms with Crippen molar-refractivity contribution in [1.82, 2.24) is 4.98 Å². The Bertz CT molecular complexity index is 446. The van der Waals surface area contributed by atoms with Gasteiger partial charge in [0.2, 0.25) is 10.0 Å². The molecule has 0 spiro atoms. The minimum absolute atomic E-state index is 0.534. The minimum atomic E-state index is -3.65. The van der Waals surface area contributed by atoms with E-state index in [9.17, 15) is 8.42 Å². The van der Waals surface area contributed by atoms with Crippen molar-refractivity contribution in [2.75, 3.05) is 7.11 Å². The Morgan fingerprint density at radius 2 is 2.12 bits per heavy atom. The Labute approximate surface area is 103 Å². The molecule has 1 aromatic rings. The highest BCUT2D eigenvalue weighted by molar-refractivity contribution is 9.10. The van der Waals surface area contributed by atoms with E-state index in [4.69, 9.17) is 9.88 Å². The molecule has 0 aliphatic rings. The predicted molar refractivity (Wildman–Crippen MR) is 64.3 cm³/mol. The second kappa shape index (κ2) is 5.22. The minimum Gasteiger partial charge on any atom is -0.374 e. The van der Waals surface area contributed by atoms with Crippen molar-refractivity contribution in [1.29, 1.82) is 0 Å². The van der Waals surface area contributed by atoms with Gasteiger partial charge in [-0.2, -0.15) is 0 Å². The van der Waals surface area contributed by atoms with Gasteiger partial charge in [-0.1, -0.05) is 0 Å². The number of nitrogens with zero attached hydrogens (tertiary/aromatic N) is 1. The fourth-order valence-electron chi connectivity index (χ4n) is 1.28. The molecular weight excluding hydrogens is 296 g/mol. The number of ether oxygens (including phenoxy) is 1. The first kappa shape index (κ1) is 13.6. The number of pyridine rings is 1. The Kier molecular flexibility index (Phi) is 4.43. The van der Waals surface area contributed by atoms with E-state index < -0.39 is 21.4 Å². The zero-order chi connectivity index (χ0) is 12.3. The van der Waals surface area contributed by atoms with Gasteiger partial charge in [0.05, 0.1) is 5.69 Å². The van der Waals surface area contributed by atoms with Crippen LogP contribution in [0.4, 0.5) is 0 Å². The van der Waals surface area contributed by atoms with Gasteiger partial charge in [-0.3, -0.25) is 4.98 Å². The zero-order valence-corrected chi connectivity index (χ0v) is 11.3. The lowest BCUT2D eigenvalue weighted by molar-refractivity contribution is 0.0987. The van der Waals surface area contributed by atoms with Gasteiger partial charge in [0, 0.05) is 17.8 Å². The van der Waals surface area contributed by atoms with Crippen LogP contribution in [0.3, 0.4) is 0 Å². The molecule has 0 radical (unpaired) electrons. The summed E-state index contributed by atoms with van der Waals surface area (Å²) in [4.78, 5) is 4.09. The topological polar surface area (TPSA) is 82.3 Å². The van der Waals surface area contributed by atoms with Crippen molar-refractivity contribution in [3.8, 4) is 0 Å². The fraction of sp³-hybridized carbons (Fsp3) is 0.444. The van der Waals surface area contributed by atoms with E-state index in [-0.39, 0.29) is 0 Å². The molecular formula is C9H13BrN2O3S. The van der Waals surface area contributed by atoms with Gasteiger partial charge in [0.15, 0.2) is 0 Å². The Morgan fingerprint density at radius 3 is 2.50 bits per heavy atom.